The van der Waals surface area contributed by atoms with Gasteiger partial charge < -0.3 is 4.74 Å². The summed E-state index contributed by atoms with van der Waals surface area (Å²) in [5.74, 6) is -0.114. The Balaban J connectivity index is 1.96. The van der Waals surface area contributed by atoms with Crippen LogP contribution in [-0.4, -0.2) is 12.6 Å². The van der Waals surface area contributed by atoms with E-state index in [0.29, 0.717) is 13.0 Å². The minimum absolute atomic E-state index is 0.114. The number of unbranched alkanes of at least 4 members (excludes halogenated alkanes) is 6. The molecule has 0 radical (unpaired) electrons. The minimum Gasteiger partial charge on any atom is -0.465 e. The van der Waals surface area contributed by atoms with Gasteiger partial charge in [0.25, 0.3) is 0 Å². The summed E-state index contributed by atoms with van der Waals surface area (Å²) < 4.78 is 5.23. The first-order valence-electron chi connectivity index (χ1n) is 7.52. The second-order valence-corrected chi connectivity index (χ2v) is 5.00. The molecule has 0 aromatic heterocycles. The van der Waals surface area contributed by atoms with Crippen LogP contribution >= 0.6 is 0 Å². The van der Waals surface area contributed by atoms with E-state index in [9.17, 15) is 4.79 Å². The maximum atomic E-state index is 11.6. The maximum absolute atomic E-state index is 11.6. The highest BCUT2D eigenvalue weighted by molar-refractivity contribution is 5.72. The summed E-state index contributed by atoms with van der Waals surface area (Å²) in [5, 5.41) is 0. The molecule has 0 aliphatic heterocycles. The molecule has 0 unspecified atom stereocenters. The number of hydrogen-bond donors (Lipinski definition) is 0. The van der Waals surface area contributed by atoms with Gasteiger partial charge in [-0.1, -0.05) is 75.8 Å². The first-order valence-corrected chi connectivity index (χ1v) is 7.52. The van der Waals surface area contributed by atoms with Crippen molar-refractivity contribution in [3.8, 4) is 0 Å². The Morgan fingerprint density at radius 3 is 2.26 bits per heavy atom. The number of ether oxygens (including phenoxy) is 1. The van der Waals surface area contributed by atoms with Gasteiger partial charge in [0, 0.05) is 0 Å². The van der Waals surface area contributed by atoms with E-state index in [2.05, 4.69) is 6.92 Å². The van der Waals surface area contributed by atoms with Gasteiger partial charge in [0.15, 0.2) is 0 Å². The van der Waals surface area contributed by atoms with Crippen molar-refractivity contribution in [2.45, 2.75) is 58.3 Å². The fourth-order valence-corrected chi connectivity index (χ4v) is 2.06. The van der Waals surface area contributed by atoms with Gasteiger partial charge in [0.2, 0.25) is 0 Å². The summed E-state index contributed by atoms with van der Waals surface area (Å²) in [6, 6.07) is 9.75. The van der Waals surface area contributed by atoms with Crippen LogP contribution < -0.4 is 0 Å². The van der Waals surface area contributed by atoms with Crippen molar-refractivity contribution in [3.63, 3.8) is 0 Å². The second-order valence-electron chi connectivity index (χ2n) is 5.00. The summed E-state index contributed by atoms with van der Waals surface area (Å²) in [5.41, 5.74) is 1.02. The molecule has 0 fully saturated rings. The highest BCUT2D eigenvalue weighted by atomic mass is 16.5. The van der Waals surface area contributed by atoms with E-state index in [-0.39, 0.29) is 5.97 Å². The molecule has 1 rings (SSSR count). The number of benzene rings is 1. The number of rotatable bonds is 10. The van der Waals surface area contributed by atoms with Crippen LogP contribution in [0.4, 0.5) is 0 Å². The van der Waals surface area contributed by atoms with Crippen LogP contribution in [-0.2, 0) is 16.0 Å². The molecule has 19 heavy (non-hydrogen) atoms. The van der Waals surface area contributed by atoms with Gasteiger partial charge in [-0.05, 0) is 12.0 Å². The van der Waals surface area contributed by atoms with E-state index in [1.807, 2.05) is 30.3 Å². The Morgan fingerprint density at radius 1 is 0.947 bits per heavy atom. The quantitative estimate of drug-likeness (QED) is 0.457. The predicted molar refractivity (Wildman–Crippen MR) is 79.1 cm³/mol. The molecule has 1 aromatic carbocycles. The molecule has 0 heterocycles. The van der Waals surface area contributed by atoms with Gasteiger partial charge in [-0.3, -0.25) is 4.79 Å². The number of carbonyl (C=O) groups excluding carboxylic acids is 1. The normalized spacial score (nSPS) is 10.4. The first-order chi connectivity index (χ1) is 9.33. The molecule has 2 heteroatoms. The van der Waals surface area contributed by atoms with E-state index >= 15 is 0 Å². The van der Waals surface area contributed by atoms with Crippen molar-refractivity contribution in [3.05, 3.63) is 35.9 Å². The smallest absolute Gasteiger partial charge is 0.310 e. The van der Waals surface area contributed by atoms with Crippen molar-refractivity contribution >= 4 is 5.97 Å². The summed E-state index contributed by atoms with van der Waals surface area (Å²) in [4.78, 5) is 11.6. The van der Waals surface area contributed by atoms with Gasteiger partial charge >= 0.3 is 5.97 Å². The SMILES string of the molecule is CCCCCCCCCOC(=O)Cc1ccccc1. The van der Waals surface area contributed by atoms with Gasteiger partial charge in [-0.2, -0.15) is 0 Å². The summed E-state index contributed by atoms with van der Waals surface area (Å²) in [6.07, 6.45) is 9.09. The molecular formula is C17H26O2. The van der Waals surface area contributed by atoms with Crippen LogP contribution in [0.25, 0.3) is 0 Å². The van der Waals surface area contributed by atoms with E-state index in [1.54, 1.807) is 0 Å². The average molecular weight is 262 g/mol. The summed E-state index contributed by atoms with van der Waals surface area (Å²) >= 11 is 0. The molecule has 0 N–H and O–H groups in total. The third kappa shape index (κ3) is 8.41. The van der Waals surface area contributed by atoms with Crippen LogP contribution in [0.3, 0.4) is 0 Å². The lowest BCUT2D eigenvalue weighted by Gasteiger charge is -2.05. The van der Waals surface area contributed by atoms with Crippen molar-refractivity contribution in [1.29, 1.82) is 0 Å². The van der Waals surface area contributed by atoms with Gasteiger partial charge in [0.05, 0.1) is 13.0 Å². The molecule has 0 aliphatic carbocycles. The maximum Gasteiger partial charge on any atom is 0.310 e. The monoisotopic (exact) mass is 262 g/mol. The fourth-order valence-electron chi connectivity index (χ4n) is 2.06. The Labute approximate surface area is 117 Å². The number of esters is 1. The topological polar surface area (TPSA) is 26.3 Å². The van der Waals surface area contributed by atoms with Gasteiger partial charge in [-0.25, -0.2) is 0 Å². The summed E-state index contributed by atoms with van der Waals surface area (Å²) in [6.45, 7) is 2.80. The highest BCUT2D eigenvalue weighted by Gasteiger charge is 2.03. The van der Waals surface area contributed by atoms with Crippen LogP contribution in [0.2, 0.25) is 0 Å². The second kappa shape index (κ2) is 10.6. The van der Waals surface area contributed by atoms with Crippen molar-refractivity contribution in [2.24, 2.45) is 0 Å². The minimum atomic E-state index is -0.114. The zero-order valence-electron chi connectivity index (χ0n) is 12.1. The third-order valence-corrected chi connectivity index (χ3v) is 3.20. The first kappa shape index (κ1) is 15.7. The van der Waals surface area contributed by atoms with Crippen molar-refractivity contribution in [1.82, 2.24) is 0 Å². The van der Waals surface area contributed by atoms with Gasteiger partial charge in [-0.15, -0.1) is 0 Å². The zero-order valence-corrected chi connectivity index (χ0v) is 12.1. The molecule has 0 spiro atoms. The van der Waals surface area contributed by atoms with Crippen LogP contribution in [0.1, 0.15) is 57.4 Å². The van der Waals surface area contributed by atoms with E-state index in [1.165, 1.54) is 38.5 Å². The van der Waals surface area contributed by atoms with E-state index < -0.39 is 0 Å². The molecule has 2 nitrogen and oxygen atoms in total. The third-order valence-electron chi connectivity index (χ3n) is 3.20. The lowest BCUT2D eigenvalue weighted by atomic mass is 10.1. The zero-order chi connectivity index (χ0) is 13.8. The lowest BCUT2D eigenvalue weighted by Crippen LogP contribution is -2.08. The highest BCUT2D eigenvalue weighted by Crippen LogP contribution is 2.07. The largest absolute Gasteiger partial charge is 0.465 e. The molecule has 0 atom stereocenters. The molecule has 106 valence electrons. The van der Waals surface area contributed by atoms with Crippen LogP contribution in [0.15, 0.2) is 30.3 Å². The average Bonchev–Trinajstić information content (AvgIpc) is 2.43. The fraction of sp³-hybridized carbons (Fsp3) is 0.588. The predicted octanol–water partition coefficient (Wildman–Crippen LogP) is 4.52. The van der Waals surface area contributed by atoms with Crippen molar-refractivity contribution < 1.29 is 9.53 Å². The molecular weight excluding hydrogens is 236 g/mol. The summed E-state index contributed by atoms with van der Waals surface area (Å²) in [7, 11) is 0. The molecule has 0 bridgehead atoms. The Hall–Kier alpha value is -1.31. The standard InChI is InChI=1S/C17H26O2/c1-2-3-4-5-6-7-11-14-19-17(18)15-16-12-9-8-10-13-16/h8-10,12-13H,2-7,11,14-15H2,1H3. The molecule has 1 aromatic rings. The molecule has 0 saturated carbocycles. The van der Waals surface area contributed by atoms with Crippen molar-refractivity contribution in [2.75, 3.05) is 6.61 Å². The molecule has 0 amide bonds. The Morgan fingerprint density at radius 2 is 1.58 bits per heavy atom. The Bertz CT molecular complexity index is 332. The van der Waals surface area contributed by atoms with Gasteiger partial charge in [0.1, 0.15) is 0 Å². The Kier molecular flexibility index (Phi) is 8.78. The van der Waals surface area contributed by atoms with E-state index in [4.69, 9.17) is 4.74 Å². The van der Waals surface area contributed by atoms with Crippen LogP contribution in [0, 0.1) is 0 Å². The lowest BCUT2D eigenvalue weighted by molar-refractivity contribution is -0.142. The molecule has 0 aliphatic rings. The number of hydrogen-bond acceptors (Lipinski definition) is 2. The van der Waals surface area contributed by atoms with Crippen LogP contribution in [0.5, 0.6) is 0 Å². The molecule has 0 saturated heterocycles. The van der Waals surface area contributed by atoms with E-state index in [0.717, 1.165) is 12.0 Å². The number of carbonyl (C=O) groups is 1.